The smallest absolute Gasteiger partial charge is 0.317 e. The molecule has 7 rings (SSSR count). The summed E-state index contributed by atoms with van der Waals surface area (Å²) in [5, 5.41) is 15.4. The van der Waals surface area contributed by atoms with Gasteiger partial charge >= 0.3 is 5.97 Å². The second-order valence-electron chi connectivity index (χ2n) is 11.8. The number of rotatable bonds is 5. The number of ether oxygens (including phenoxy) is 1. The fourth-order valence-corrected chi connectivity index (χ4v) is 6.92. The molecule has 4 bridgehead atoms. The standard InChI is InChI=1S/C24H32N2O5.2CH4O3S/c27-22(28)14-25-13-15-1-3-16(4-2-15)17-5-7-23(8-6-17)29-24(31-30-23)18-9-20-11-19(24)12-21(10-18)26-20;2*1-5(2,3)4/h1-4,17-21,25-26H,5-14H2,(H,27,28);2*1H3,(H,2,3,4). The highest BCUT2D eigenvalue weighted by molar-refractivity contribution is 7.85. The Morgan fingerprint density at radius 3 is 1.88 bits per heavy atom. The van der Waals surface area contributed by atoms with E-state index < -0.39 is 37.8 Å². The summed E-state index contributed by atoms with van der Waals surface area (Å²) in [7, 11) is -7.33. The molecular formula is C26H40N2O11S2. The molecule has 0 amide bonds. The van der Waals surface area contributed by atoms with E-state index >= 15 is 0 Å². The fourth-order valence-electron chi connectivity index (χ4n) is 6.92. The lowest BCUT2D eigenvalue weighted by molar-refractivity contribution is -0.386. The molecule has 6 fully saturated rings. The van der Waals surface area contributed by atoms with Gasteiger partial charge in [-0.15, -0.1) is 0 Å². The highest BCUT2D eigenvalue weighted by Crippen LogP contribution is 2.59. The van der Waals surface area contributed by atoms with Crippen LogP contribution in [-0.4, -0.2) is 79.7 Å². The quantitative estimate of drug-likeness (QED) is 0.237. The molecule has 15 heteroatoms. The van der Waals surface area contributed by atoms with Crippen LogP contribution in [-0.2, 0) is 46.1 Å². The van der Waals surface area contributed by atoms with Crippen molar-refractivity contribution >= 4 is 26.2 Å². The van der Waals surface area contributed by atoms with Crippen molar-refractivity contribution in [2.45, 2.75) is 87.5 Å². The van der Waals surface area contributed by atoms with Gasteiger partial charge < -0.3 is 20.5 Å². The molecule has 3 saturated carbocycles. The molecule has 3 aliphatic carbocycles. The van der Waals surface area contributed by atoms with Crippen molar-refractivity contribution < 1.29 is 50.4 Å². The minimum atomic E-state index is -3.67. The van der Waals surface area contributed by atoms with Crippen LogP contribution in [0.25, 0.3) is 0 Å². The first-order valence-corrected chi connectivity index (χ1v) is 17.4. The van der Waals surface area contributed by atoms with Crippen LogP contribution in [0, 0.1) is 11.8 Å². The number of hydrogen-bond donors (Lipinski definition) is 5. The van der Waals surface area contributed by atoms with Crippen molar-refractivity contribution in [2.24, 2.45) is 11.8 Å². The SMILES string of the molecule is CS(=O)(=O)O.CS(=O)(=O)O.O=C(O)CNCc1ccc(C2CCC3(CC2)OOC2(O3)C3CC4CC2CC(C3)N4)cc1. The first kappa shape index (κ1) is 32.2. The first-order chi connectivity index (χ1) is 19.0. The van der Waals surface area contributed by atoms with E-state index in [1.165, 1.54) is 5.56 Å². The molecule has 6 aliphatic rings. The number of carbonyl (C=O) groups is 1. The second kappa shape index (κ2) is 12.5. The highest BCUT2D eigenvalue weighted by Gasteiger charge is 2.66. The first-order valence-electron chi connectivity index (χ1n) is 13.7. The van der Waals surface area contributed by atoms with E-state index in [0.717, 1.165) is 56.9 Å². The summed E-state index contributed by atoms with van der Waals surface area (Å²) in [5.41, 5.74) is 2.44. The third-order valence-corrected chi connectivity index (χ3v) is 8.36. The topological polar surface area (TPSA) is 198 Å². The molecular weight excluding hydrogens is 580 g/mol. The molecule has 2 spiro atoms. The van der Waals surface area contributed by atoms with Gasteiger partial charge in [0.05, 0.1) is 19.1 Å². The maximum absolute atomic E-state index is 10.6. The van der Waals surface area contributed by atoms with Gasteiger partial charge in [-0.05, 0) is 55.6 Å². The summed E-state index contributed by atoms with van der Waals surface area (Å²) in [6.45, 7) is 0.552. The molecule has 232 valence electrons. The van der Waals surface area contributed by atoms with E-state index in [1.54, 1.807) is 0 Å². The van der Waals surface area contributed by atoms with Crippen molar-refractivity contribution in [1.82, 2.24) is 10.6 Å². The highest BCUT2D eigenvalue weighted by atomic mass is 32.2. The van der Waals surface area contributed by atoms with Gasteiger partial charge in [-0.1, -0.05) is 24.3 Å². The van der Waals surface area contributed by atoms with Crippen LogP contribution in [0.1, 0.15) is 68.4 Å². The molecule has 41 heavy (non-hydrogen) atoms. The van der Waals surface area contributed by atoms with Crippen LogP contribution < -0.4 is 10.6 Å². The Labute approximate surface area is 240 Å². The Hall–Kier alpha value is -1.69. The van der Waals surface area contributed by atoms with Crippen LogP contribution in [0.15, 0.2) is 24.3 Å². The van der Waals surface area contributed by atoms with Gasteiger partial charge in [0.15, 0.2) is 0 Å². The van der Waals surface area contributed by atoms with Gasteiger partial charge in [0.2, 0.25) is 11.6 Å². The molecule has 1 aromatic rings. The van der Waals surface area contributed by atoms with Crippen molar-refractivity contribution in [3.05, 3.63) is 35.4 Å². The van der Waals surface area contributed by atoms with Gasteiger partial charge in [-0.25, -0.2) is 0 Å². The van der Waals surface area contributed by atoms with Gasteiger partial charge in [-0.3, -0.25) is 13.9 Å². The van der Waals surface area contributed by atoms with E-state index in [2.05, 4.69) is 34.9 Å². The Balaban J connectivity index is 0.000000336. The van der Waals surface area contributed by atoms with Crippen molar-refractivity contribution in [3.63, 3.8) is 0 Å². The molecule has 3 saturated heterocycles. The molecule has 0 atom stereocenters. The van der Waals surface area contributed by atoms with Gasteiger partial charge in [0, 0.05) is 43.3 Å². The zero-order chi connectivity index (χ0) is 30.1. The molecule has 3 aliphatic heterocycles. The molecule has 0 aromatic heterocycles. The lowest BCUT2D eigenvalue weighted by atomic mass is 9.60. The summed E-state index contributed by atoms with van der Waals surface area (Å²) in [6.07, 6.45) is 9.78. The van der Waals surface area contributed by atoms with Gasteiger partial charge in [0.25, 0.3) is 20.2 Å². The lowest BCUT2D eigenvalue weighted by Gasteiger charge is -2.57. The van der Waals surface area contributed by atoms with E-state index in [-0.39, 0.29) is 6.54 Å². The third kappa shape index (κ3) is 8.91. The number of hydrogen-bond acceptors (Lipinski definition) is 10. The van der Waals surface area contributed by atoms with Gasteiger partial charge in [-0.2, -0.15) is 26.6 Å². The monoisotopic (exact) mass is 620 g/mol. The fraction of sp³-hybridized carbons (Fsp3) is 0.731. The summed E-state index contributed by atoms with van der Waals surface area (Å²) in [4.78, 5) is 22.8. The predicted molar refractivity (Wildman–Crippen MR) is 147 cm³/mol. The Morgan fingerprint density at radius 1 is 0.927 bits per heavy atom. The maximum Gasteiger partial charge on any atom is 0.317 e. The summed E-state index contributed by atoms with van der Waals surface area (Å²) in [6, 6.07) is 9.82. The summed E-state index contributed by atoms with van der Waals surface area (Å²) >= 11 is 0. The van der Waals surface area contributed by atoms with E-state index in [4.69, 9.17) is 28.7 Å². The van der Waals surface area contributed by atoms with E-state index in [1.807, 2.05) is 0 Å². The van der Waals surface area contributed by atoms with Crippen LogP contribution in [0.4, 0.5) is 0 Å². The zero-order valence-corrected chi connectivity index (χ0v) is 24.8. The van der Waals surface area contributed by atoms with Crippen LogP contribution in [0.3, 0.4) is 0 Å². The number of carboxylic acids is 1. The van der Waals surface area contributed by atoms with Crippen molar-refractivity contribution in [1.29, 1.82) is 0 Å². The number of nitrogens with one attached hydrogen (secondary N) is 2. The lowest BCUT2D eigenvalue weighted by Crippen LogP contribution is -2.67. The second-order valence-corrected chi connectivity index (χ2v) is 14.7. The number of carboxylic acid groups (broad SMARTS) is 1. The Morgan fingerprint density at radius 2 is 1.41 bits per heavy atom. The largest absolute Gasteiger partial charge is 0.480 e. The Kier molecular flexibility index (Phi) is 9.83. The molecule has 3 heterocycles. The number of aliphatic carboxylic acids is 1. The maximum atomic E-state index is 10.6. The van der Waals surface area contributed by atoms with Gasteiger partial charge in [0.1, 0.15) is 0 Å². The predicted octanol–water partition coefficient (Wildman–Crippen LogP) is 2.06. The number of benzene rings is 1. The average molecular weight is 621 g/mol. The zero-order valence-electron chi connectivity index (χ0n) is 23.2. The van der Waals surface area contributed by atoms with E-state index in [0.29, 0.717) is 48.9 Å². The summed E-state index contributed by atoms with van der Waals surface area (Å²) < 4.78 is 58.5. The van der Waals surface area contributed by atoms with Crippen LogP contribution in [0.5, 0.6) is 0 Å². The average Bonchev–Trinajstić information content (AvgIpc) is 3.21. The number of piperidine rings is 2. The van der Waals surface area contributed by atoms with E-state index in [9.17, 15) is 21.6 Å². The molecule has 13 nitrogen and oxygen atoms in total. The molecule has 1 aromatic carbocycles. The minimum absolute atomic E-state index is 0.0183. The van der Waals surface area contributed by atoms with Crippen LogP contribution >= 0.6 is 0 Å². The normalized spacial score (nSPS) is 35.5. The third-order valence-electron chi connectivity index (χ3n) is 8.36. The Bertz CT molecular complexity index is 1200. The minimum Gasteiger partial charge on any atom is -0.480 e. The molecule has 0 radical (unpaired) electrons. The molecule has 5 N–H and O–H groups in total. The van der Waals surface area contributed by atoms with Crippen LogP contribution in [0.2, 0.25) is 0 Å². The summed E-state index contributed by atoms with van der Waals surface area (Å²) in [5.74, 6) is -0.503. The van der Waals surface area contributed by atoms with Crippen molar-refractivity contribution in [2.75, 3.05) is 19.1 Å². The van der Waals surface area contributed by atoms with Crippen molar-refractivity contribution in [3.8, 4) is 0 Å². The molecule has 0 unspecified atom stereocenters.